The van der Waals surface area contributed by atoms with Crippen LogP contribution in [0.25, 0.3) is 0 Å². The highest BCUT2D eigenvalue weighted by Crippen LogP contribution is 2.25. The molecule has 0 heterocycles. The SMILES string of the molecule is Cc1ccc(C(C)C)cc1OCCC(C)(C)C#N. The number of rotatable bonds is 5. The predicted molar refractivity (Wildman–Crippen MR) is 74.8 cm³/mol. The van der Waals surface area contributed by atoms with Crippen LogP contribution in [0.3, 0.4) is 0 Å². The lowest BCUT2D eigenvalue weighted by atomic mass is 9.92. The van der Waals surface area contributed by atoms with Gasteiger partial charge < -0.3 is 4.74 Å². The summed E-state index contributed by atoms with van der Waals surface area (Å²) in [5.41, 5.74) is 2.12. The lowest BCUT2D eigenvalue weighted by molar-refractivity contribution is 0.263. The summed E-state index contributed by atoms with van der Waals surface area (Å²) < 4.78 is 5.81. The van der Waals surface area contributed by atoms with Gasteiger partial charge in [0.25, 0.3) is 0 Å². The molecule has 1 rings (SSSR count). The zero-order valence-corrected chi connectivity index (χ0v) is 12.1. The molecule has 1 aromatic rings. The monoisotopic (exact) mass is 245 g/mol. The normalized spacial score (nSPS) is 11.4. The highest BCUT2D eigenvalue weighted by atomic mass is 16.5. The Morgan fingerprint density at radius 1 is 1.33 bits per heavy atom. The molecule has 0 spiro atoms. The fourth-order valence-corrected chi connectivity index (χ4v) is 1.60. The van der Waals surface area contributed by atoms with Crippen LogP contribution in [0.2, 0.25) is 0 Å². The fourth-order valence-electron chi connectivity index (χ4n) is 1.60. The van der Waals surface area contributed by atoms with Gasteiger partial charge in [0.05, 0.1) is 18.1 Å². The Morgan fingerprint density at radius 2 is 2.00 bits per heavy atom. The highest BCUT2D eigenvalue weighted by Gasteiger charge is 2.16. The van der Waals surface area contributed by atoms with E-state index in [0.29, 0.717) is 12.5 Å². The number of hydrogen-bond donors (Lipinski definition) is 0. The van der Waals surface area contributed by atoms with Gasteiger partial charge >= 0.3 is 0 Å². The molecule has 98 valence electrons. The number of nitrogens with zero attached hydrogens (tertiary/aromatic N) is 1. The molecule has 0 saturated carbocycles. The summed E-state index contributed by atoms with van der Waals surface area (Å²) in [6.45, 7) is 10.9. The molecule has 0 aliphatic heterocycles. The second kappa shape index (κ2) is 5.91. The average Bonchev–Trinajstić information content (AvgIpc) is 2.31. The van der Waals surface area contributed by atoms with E-state index >= 15 is 0 Å². The fraction of sp³-hybridized carbons (Fsp3) is 0.562. The lowest BCUT2D eigenvalue weighted by Gasteiger charge is -2.17. The van der Waals surface area contributed by atoms with Gasteiger partial charge in [-0.15, -0.1) is 0 Å². The molecule has 0 aliphatic carbocycles. The molecule has 0 saturated heterocycles. The zero-order chi connectivity index (χ0) is 13.8. The van der Waals surface area contributed by atoms with Crippen LogP contribution in [-0.2, 0) is 0 Å². The quantitative estimate of drug-likeness (QED) is 0.768. The minimum atomic E-state index is -0.316. The maximum Gasteiger partial charge on any atom is 0.122 e. The van der Waals surface area contributed by atoms with E-state index in [-0.39, 0.29) is 5.41 Å². The minimum absolute atomic E-state index is 0.316. The molecule has 2 nitrogen and oxygen atoms in total. The molecular formula is C16H23NO. The van der Waals surface area contributed by atoms with Crippen molar-refractivity contribution < 1.29 is 4.74 Å². The second-order valence-corrected chi connectivity index (χ2v) is 5.77. The molecule has 0 unspecified atom stereocenters. The topological polar surface area (TPSA) is 33.0 Å². The number of hydrogen-bond acceptors (Lipinski definition) is 2. The summed E-state index contributed by atoms with van der Waals surface area (Å²) in [7, 11) is 0. The van der Waals surface area contributed by atoms with E-state index in [2.05, 4.69) is 45.0 Å². The molecule has 0 radical (unpaired) electrons. The van der Waals surface area contributed by atoms with Gasteiger partial charge in [-0.05, 0) is 50.3 Å². The standard InChI is InChI=1S/C16H23NO/c1-12(2)14-7-6-13(3)15(10-14)18-9-8-16(4,5)11-17/h6-7,10,12H,8-9H2,1-5H3. The van der Waals surface area contributed by atoms with Crippen molar-refractivity contribution in [3.8, 4) is 11.8 Å². The predicted octanol–water partition coefficient (Wildman–Crippen LogP) is 4.44. The van der Waals surface area contributed by atoms with E-state index in [0.717, 1.165) is 17.7 Å². The Kier molecular flexibility index (Phi) is 4.78. The molecule has 0 aliphatic rings. The Labute approximate surface area is 111 Å². The molecule has 2 heteroatoms. The van der Waals surface area contributed by atoms with Gasteiger partial charge in [0.15, 0.2) is 0 Å². The van der Waals surface area contributed by atoms with Crippen molar-refractivity contribution in [2.45, 2.75) is 47.0 Å². The first-order valence-electron chi connectivity index (χ1n) is 6.50. The summed E-state index contributed by atoms with van der Waals surface area (Å²) in [6, 6.07) is 8.64. The van der Waals surface area contributed by atoms with Crippen LogP contribution in [-0.4, -0.2) is 6.61 Å². The van der Waals surface area contributed by atoms with E-state index < -0.39 is 0 Å². The van der Waals surface area contributed by atoms with E-state index in [1.807, 2.05) is 13.8 Å². The molecule has 0 atom stereocenters. The number of aryl methyl sites for hydroxylation is 1. The summed E-state index contributed by atoms with van der Waals surface area (Å²) in [4.78, 5) is 0. The van der Waals surface area contributed by atoms with Crippen molar-refractivity contribution in [3.05, 3.63) is 29.3 Å². The third kappa shape index (κ3) is 4.07. The van der Waals surface area contributed by atoms with Crippen molar-refractivity contribution in [1.82, 2.24) is 0 Å². The Hall–Kier alpha value is -1.49. The third-order valence-electron chi connectivity index (χ3n) is 3.17. The number of nitriles is 1. The first-order chi connectivity index (χ1) is 8.35. The molecular weight excluding hydrogens is 222 g/mol. The van der Waals surface area contributed by atoms with Gasteiger partial charge in [-0.25, -0.2) is 0 Å². The molecule has 1 aromatic carbocycles. The second-order valence-electron chi connectivity index (χ2n) is 5.77. The van der Waals surface area contributed by atoms with Gasteiger partial charge in [-0.1, -0.05) is 26.0 Å². The van der Waals surface area contributed by atoms with Crippen molar-refractivity contribution in [3.63, 3.8) is 0 Å². The zero-order valence-electron chi connectivity index (χ0n) is 12.1. The third-order valence-corrected chi connectivity index (χ3v) is 3.17. The molecule has 0 aromatic heterocycles. The molecule has 0 fully saturated rings. The maximum atomic E-state index is 8.96. The maximum absolute atomic E-state index is 8.96. The van der Waals surface area contributed by atoms with Gasteiger partial charge in [0.2, 0.25) is 0 Å². The lowest BCUT2D eigenvalue weighted by Crippen LogP contribution is -2.13. The molecule has 0 N–H and O–H groups in total. The Balaban J connectivity index is 2.68. The van der Waals surface area contributed by atoms with E-state index in [1.54, 1.807) is 0 Å². The van der Waals surface area contributed by atoms with Gasteiger partial charge in [-0.3, -0.25) is 0 Å². The van der Waals surface area contributed by atoms with Crippen LogP contribution in [0.4, 0.5) is 0 Å². The smallest absolute Gasteiger partial charge is 0.122 e. The van der Waals surface area contributed by atoms with Crippen LogP contribution in [0.5, 0.6) is 5.75 Å². The number of ether oxygens (including phenoxy) is 1. The van der Waals surface area contributed by atoms with Crippen LogP contribution < -0.4 is 4.74 Å². The van der Waals surface area contributed by atoms with Crippen LogP contribution in [0, 0.1) is 23.7 Å². The van der Waals surface area contributed by atoms with Gasteiger partial charge in [-0.2, -0.15) is 5.26 Å². The molecule has 18 heavy (non-hydrogen) atoms. The summed E-state index contributed by atoms with van der Waals surface area (Å²) in [6.07, 6.45) is 0.745. The van der Waals surface area contributed by atoms with E-state index in [1.165, 1.54) is 5.56 Å². The molecule has 0 bridgehead atoms. The number of benzene rings is 1. The van der Waals surface area contributed by atoms with E-state index in [4.69, 9.17) is 10.00 Å². The van der Waals surface area contributed by atoms with Crippen molar-refractivity contribution >= 4 is 0 Å². The van der Waals surface area contributed by atoms with Gasteiger partial charge in [0, 0.05) is 0 Å². The first kappa shape index (κ1) is 14.6. The van der Waals surface area contributed by atoms with Crippen LogP contribution in [0.1, 0.15) is 51.2 Å². The van der Waals surface area contributed by atoms with Crippen molar-refractivity contribution in [2.75, 3.05) is 6.61 Å². The largest absolute Gasteiger partial charge is 0.493 e. The summed E-state index contributed by atoms with van der Waals surface area (Å²) >= 11 is 0. The Morgan fingerprint density at radius 3 is 2.56 bits per heavy atom. The van der Waals surface area contributed by atoms with Crippen molar-refractivity contribution in [1.29, 1.82) is 5.26 Å². The highest BCUT2D eigenvalue weighted by molar-refractivity contribution is 5.37. The van der Waals surface area contributed by atoms with E-state index in [9.17, 15) is 0 Å². The summed E-state index contributed by atoms with van der Waals surface area (Å²) in [5.74, 6) is 1.44. The molecule has 0 amide bonds. The van der Waals surface area contributed by atoms with Crippen LogP contribution in [0.15, 0.2) is 18.2 Å². The Bertz CT molecular complexity index is 441. The first-order valence-corrected chi connectivity index (χ1v) is 6.50. The minimum Gasteiger partial charge on any atom is -0.493 e. The van der Waals surface area contributed by atoms with Crippen molar-refractivity contribution in [2.24, 2.45) is 5.41 Å². The van der Waals surface area contributed by atoms with Crippen LogP contribution >= 0.6 is 0 Å². The van der Waals surface area contributed by atoms with Gasteiger partial charge in [0.1, 0.15) is 5.75 Å². The summed E-state index contributed by atoms with van der Waals surface area (Å²) in [5, 5.41) is 8.96. The average molecular weight is 245 g/mol.